The second-order valence-corrected chi connectivity index (χ2v) is 6.82. The number of ether oxygens (including phenoxy) is 1. The molecule has 1 aliphatic rings. The van der Waals surface area contributed by atoms with Crippen molar-refractivity contribution in [2.45, 2.75) is 19.8 Å². The van der Waals surface area contributed by atoms with Crippen LogP contribution in [0.2, 0.25) is 0 Å². The summed E-state index contributed by atoms with van der Waals surface area (Å²) in [5.74, 6) is 1.87. The molecule has 0 atom stereocenters. The lowest BCUT2D eigenvalue weighted by Crippen LogP contribution is -2.35. The van der Waals surface area contributed by atoms with Gasteiger partial charge in [-0.3, -0.25) is 4.90 Å². The van der Waals surface area contributed by atoms with E-state index in [0.717, 1.165) is 29.3 Å². The number of nitrogens with zero attached hydrogens (tertiary/aromatic N) is 1. The standard InChI is InChI=1S/C18H22BrNO/c1-14-8-10-20(11-9-14)12-13-21-18-7-6-17(19)15-4-2-3-5-16(15)18/h2-7,14H,8-13H2,1H3. The monoisotopic (exact) mass is 347 g/mol. The molecule has 1 heterocycles. The lowest BCUT2D eigenvalue weighted by atomic mass is 9.99. The van der Waals surface area contributed by atoms with E-state index in [1.807, 2.05) is 0 Å². The molecule has 0 bridgehead atoms. The topological polar surface area (TPSA) is 12.5 Å². The normalized spacial score (nSPS) is 17.2. The van der Waals surface area contributed by atoms with Crippen molar-refractivity contribution in [3.05, 3.63) is 40.9 Å². The number of halogens is 1. The van der Waals surface area contributed by atoms with Crippen molar-refractivity contribution < 1.29 is 4.74 Å². The third kappa shape index (κ3) is 3.58. The molecular formula is C18H22BrNO. The zero-order chi connectivity index (χ0) is 14.7. The number of piperidine rings is 1. The van der Waals surface area contributed by atoms with Gasteiger partial charge in [0.25, 0.3) is 0 Å². The third-order valence-corrected chi connectivity index (χ3v) is 5.06. The van der Waals surface area contributed by atoms with Crippen LogP contribution in [0.1, 0.15) is 19.8 Å². The summed E-state index contributed by atoms with van der Waals surface area (Å²) in [4.78, 5) is 2.51. The molecular weight excluding hydrogens is 326 g/mol. The SMILES string of the molecule is CC1CCN(CCOc2ccc(Br)c3ccccc23)CC1. The maximum Gasteiger partial charge on any atom is 0.127 e. The second-order valence-electron chi connectivity index (χ2n) is 5.96. The zero-order valence-corrected chi connectivity index (χ0v) is 14.1. The zero-order valence-electron chi connectivity index (χ0n) is 12.5. The van der Waals surface area contributed by atoms with Crippen molar-refractivity contribution in [1.29, 1.82) is 0 Å². The van der Waals surface area contributed by atoms with Crippen LogP contribution < -0.4 is 4.74 Å². The van der Waals surface area contributed by atoms with Gasteiger partial charge in [0.05, 0.1) is 0 Å². The van der Waals surface area contributed by atoms with Gasteiger partial charge in [-0.1, -0.05) is 47.1 Å². The van der Waals surface area contributed by atoms with Crippen molar-refractivity contribution in [2.75, 3.05) is 26.2 Å². The molecule has 2 nitrogen and oxygen atoms in total. The lowest BCUT2D eigenvalue weighted by molar-refractivity contribution is 0.161. The smallest absolute Gasteiger partial charge is 0.127 e. The van der Waals surface area contributed by atoms with E-state index in [-0.39, 0.29) is 0 Å². The molecule has 0 aliphatic carbocycles. The van der Waals surface area contributed by atoms with Crippen LogP contribution in [-0.2, 0) is 0 Å². The van der Waals surface area contributed by atoms with E-state index < -0.39 is 0 Å². The molecule has 0 amide bonds. The largest absolute Gasteiger partial charge is 0.492 e. The summed E-state index contributed by atoms with van der Waals surface area (Å²) in [5, 5.41) is 2.39. The van der Waals surface area contributed by atoms with Crippen LogP contribution in [0.5, 0.6) is 5.75 Å². The summed E-state index contributed by atoms with van der Waals surface area (Å²) in [6.45, 7) is 6.57. The number of rotatable bonds is 4. The molecule has 1 fully saturated rings. The molecule has 1 aliphatic heterocycles. The highest BCUT2D eigenvalue weighted by Gasteiger charge is 2.15. The van der Waals surface area contributed by atoms with Crippen LogP contribution in [0.25, 0.3) is 10.8 Å². The first-order valence-electron chi connectivity index (χ1n) is 7.76. The van der Waals surface area contributed by atoms with Crippen molar-refractivity contribution in [3.8, 4) is 5.75 Å². The van der Waals surface area contributed by atoms with E-state index in [1.165, 1.54) is 36.7 Å². The van der Waals surface area contributed by atoms with Gasteiger partial charge in [-0.25, -0.2) is 0 Å². The summed E-state index contributed by atoms with van der Waals surface area (Å²) >= 11 is 3.60. The van der Waals surface area contributed by atoms with Crippen LogP contribution in [0, 0.1) is 5.92 Å². The highest BCUT2D eigenvalue weighted by Crippen LogP contribution is 2.31. The Kier molecular flexibility index (Phi) is 4.81. The molecule has 0 radical (unpaired) electrons. The Bertz CT molecular complexity index is 605. The maximum absolute atomic E-state index is 6.04. The van der Waals surface area contributed by atoms with Crippen LogP contribution >= 0.6 is 15.9 Å². The minimum Gasteiger partial charge on any atom is -0.492 e. The molecule has 3 rings (SSSR count). The van der Waals surface area contributed by atoms with Crippen LogP contribution in [-0.4, -0.2) is 31.1 Å². The quantitative estimate of drug-likeness (QED) is 0.793. The van der Waals surface area contributed by atoms with Crippen molar-refractivity contribution in [1.82, 2.24) is 4.90 Å². The first-order chi connectivity index (χ1) is 10.2. The number of hydrogen-bond donors (Lipinski definition) is 0. The minimum atomic E-state index is 0.764. The van der Waals surface area contributed by atoms with Gasteiger partial charge in [-0.05, 0) is 49.4 Å². The Morgan fingerprint density at radius 2 is 1.81 bits per heavy atom. The number of benzene rings is 2. The molecule has 3 heteroatoms. The van der Waals surface area contributed by atoms with E-state index in [2.05, 4.69) is 64.2 Å². The molecule has 0 aromatic heterocycles. The fourth-order valence-electron chi connectivity index (χ4n) is 2.93. The van der Waals surface area contributed by atoms with Crippen molar-refractivity contribution in [3.63, 3.8) is 0 Å². The van der Waals surface area contributed by atoms with Gasteiger partial charge in [0.2, 0.25) is 0 Å². The number of fused-ring (bicyclic) bond motifs is 1. The summed E-state index contributed by atoms with van der Waals surface area (Å²) < 4.78 is 7.16. The Balaban J connectivity index is 1.62. The predicted molar refractivity (Wildman–Crippen MR) is 92.0 cm³/mol. The highest BCUT2D eigenvalue weighted by atomic mass is 79.9. The van der Waals surface area contributed by atoms with Crippen LogP contribution in [0.3, 0.4) is 0 Å². The minimum absolute atomic E-state index is 0.764. The van der Waals surface area contributed by atoms with E-state index >= 15 is 0 Å². The van der Waals surface area contributed by atoms with Gasteiger partial charge in [-0.15, -0.1) is 0 Å². The molecule has 0 saturated carbocycles. The molecule has 2 aromatic rings. The first kappa shape index (κ1) is 14.9. The molecule has 1 saturated heterocycles. The fourth-order valence-corrected chi connectivity index (χ4v) is 3.41. The molecule has 2 aromatic carbocycles. The summed E-state index contributed by atoms with van der Waals surface area (Å²) in [6, 6.07) is 12.5. The van der Waals surface area contributed by atoms with Gasteiger partial charge in [-0.2, -0.15) is 0 Å². The summed E-state index contributed by atoms with van der Waals surface area (Å²) in [6.07, 6.45) is 2.64. The van der Waals surface area contributed by atoms with Gasteiger partial charge >= 0.3 is 0 Å². The average Bonchev–Trinajstić information content (AvgIpc) is 2.52. The van der Waals surface area contributed by atoms with E-state index in [4.69, 9.17) is 4.74 Å². The van der Waals surface area contributed by atoms with Gasteiger partial charge in [0.15, 0.2) is 0 Å². The molecule has 0 unspecified atom stereocenters. The number of likely N-dealkylation sites (tertiary alicyclic amines) is 1. The van der Waals surface area contributed by atoms with Gasteiger partial charge < -0.3 is 4.74 Å². The molecule has 0 N–H and O–H groups in total. The van der Waals surface area contributed by atoms with Crippen LogP contribution in [0.4, 0.5) is 0 Å². The van der Waals surface area contributed by atoms with Crippen molar-refractivity contribution >= 4 is 26.7 Å². The highest BCUT2D eigenvalue weighted by molar-refractivity contribution is 9.10. The molecule has 0 spiro atoms. The van der Waals surface area contributed by atoms with Gasteiger partial charge in [0, 0.05) is 16.4 Å². The maximum atomic E-state index is 6.04. The van der Waals surface area contributed by atoms with E-state index in [9.17, 15) is 0 Å². The Hall–Kier alpha value is -1.06. The fraction of sp³-hybridized carbons (Fsp3) is 0.444. The van der Waals surface area contributed by atoms with Crippen molar-refractivity contribution in [2.24, 2.45) is 5.92 Å². The lowest BCUT2D eigenvalue weighted by Gasteiger charge is -2.30. The Labute approximate surface area is 135 Å². The van der Waals surface area contributed by atoms with E-state index in [1.54, 1.807) is 0 Å². The third-order valence-electron chi connectivity index (χ3n) is 4.37. The Morgan fingerprint density at radius 1 is 1.10 bits per heavy atom. The molecule has 21 heavy (non-hydrogen) atoms. The molecule has 112 valence electrons. The first-order valence-corrected chi connectivity index (χ1v) is 8.56. The summed E-state index contributed by atoms with van der Waals surface area (Å²) in [7, 11) is 0. The summed E-state index contributed by atoms with van der Waals surface area (Å²) in [5.41, 5.74) is 0. The van der Waals surface area contributed by atoms with Gasteiger partial charge in [0.1, 0.15) is 12.4 Å². The Morgan fingerprint density at radius 3 is 2.57 bits per heavy atom. The number of hydrogen-bond acceptors (Lipinski definition) is 2. The average molecular weight is 348 g/mol. The van der Waals surface area contributed by atoms with Crippen LogP contribution in [0.15, 0.2) is 40.9 Å². The predicted octanol–water partition coefficient (Wildman–Crippen LogP) is 4.71. The second kappa shape index (κ2) is 6.80. The van der Waals surface area contributed by atoms with E-state index in [0.29, 0.717) is 0 Å².